The zero-order chi connectivity index (χ0) is 12.0. The number of thiophene rings is 1. The topological polar surface area (TPSA) is 21.3 Å². The summed E-state index contributed by atoms with van der Waals surface area (Å²) in [6, 6.07) is 2.99. The van der Waals surface area contributed by atoms with Gasteiger partial charge in [-0.1, -0.05) is 6.42 Å². The first-order chi connectivity index (χ1) is 8.90. The third-order valence-corrected chi connectivity index (χ3v) is 6.13. The van der Waals surface area contributed by atoms with Gasteiger partial charge in [-0.25, -0.2) is 0 Å². The van der Waals surface area contributed by atoms with Crippen LogP contribution in [0.5, 0.6) is 0 Å². The third kappa shape index (κ3) is 1.54. The van der Waals surface area contributed by atoms with Gasteiger partial charge in [0.1, 0.15) is 0 Å². The zero-order valence-electron chi connectivity index (χ0n) is 10.7. The fourth-order valence-electron chi connectivity index (χ4n) is 4.37. The van der Waals surface area contributed by atoms with E-state index in [1.54, 1.807) is 11.3 Å². The molecule has 98 valence electrons. The number of hydrogen-bond acceptors (Lipinski definition) is 3. The average molecular weight is 263 g/mol. The molecule has 1 saturated heterocycles. The summed E-state index contributed by atoms with van der Waals surface area (Å²) >= 11 is 1.80. The van der Waals surface area contributed by atoms with Crippen LogP contribution in [0.3, 0.4) is 0 Å². The van der Waals surface area contributed by atoms with Crippen molar-refractivity contribution in [2.24, 2.45) is 11.3 Å². The highest BCUT2D eigenvalue weighted by Gasteiger charge is 2.66. The van der Waals surface area contributed by atoms with E-state index in [2.05, 4.69) is 22.1 Å². The molecule has 2 saturated carbocycles. The summed E-state index contributed by atoms with van der Waals surface area (Å²) < 4.78 is 5.95. The van der Waals surface area contributed by atoms with Crippen LogP contribution in [0.1, 0.15) is 31.2 Å². The first kappa shape index (κ1) is 11.4. The van der Waals surface area contributed by atoms with Crippen LogP contribution < -0.4 is 5.32 Å². The molecule has 0 bridgehead atoms. The van der Waals surface area contributed by atoms with E-state index in [0.29, 0.717) is 11.5 Å². The molecule has 2 heterocycles. The van der Waals surface area contributed by atoms with Crippen molar-refractivity contribution in [2.75, 3.05) is 13.2 Å². The van der Waals surface area contributed by atoms with Crippen LogP contribution in [0, 0.1) is 11.3 Å². The molecule has 1 aliphatic heterocycles. The molecule has 3 heteroatoms. The van der Waals surface area contributed by atoms with Gasteiger partial charge in [0.05, 0.1) is 6.10 Å². The maximum absolute atomic E-state index is 5.95. The minimum atomic E-state index is 0.538. The van der Waals surface area contributed by atoms with Crippen molar-refractivity contribution in [3.63, 3.8) is 0 Å². The Morgan fingerprint density at radius 2 is 2.39 bits per heavy atom. The third-order valence-electron chi connectivity index (χ3n) is 5.39. The van der Waals surface area contributed by atoms with Crippen molar-refractivity contribution >= 4 is 11.3 Å². The second-order valence-electron chi connectivity index (χ2n) is 6.14. The summed E-state index contributed by atoms with van der Waals surface area (Å²) in [5.41, 5.74) is 2.02. The Balaban J connectivity index is 1.36. The minimum absolute atomic E-state index is 0.538. The molecule has 2 nitrogen and oxygen atoms in total. The van der Waals surface area contributed by atoms with E-state index in [0.717, 1.165) is 25.1 Å². The molecule has 0 radical (unpaired) electrons. The smallest absolute Gasteiger partial charge is 0.0690 e. The second-order valence-corrected chi connectivity index (χ2v) is 6.92. The highest BCUT2D eigenvalue weighted by Crippen LogP contribution is 2.62. The van der Waals surface area contributed by atoms with Crippen molar-refractivity contribution < 1.29 is 4.74 Å². The lowest BCUT2D eigenvalue weighted by Crippen LogP contribution is -2.71. The minimum Gasteiger partial charge on any atom is -0.377 e. The van der Waals surface area contributed by atoms with Gasteiger partial charge in [-0.2, -0.15) is 11.3 Å². The molecule has 3 atom stereocenters. The molecule has 2 aliphatic carbocycles. The molecule has 1 aromatic heterocycles. The lowest BCUT2D eigenvalue weighted by Gasteiger charge is -2.63. The summed E-state index contributed by atoms with van der Waals surface area (Å²) in [7, 11) is 0. The predicted octanol–water partition coefficient (Wildman–Crippen LogP) is 2.84. The highest BCUT2D eigenvalue weighted by molar-refractivity contribution is 7.07. The van der Waals surface area contributed by atoms with Gasteiger partial charge in [-0.3, -0.25) is 0 Å². The van der Waals surface area contributed by atoms with E-state index in [-0.39, 0.29) is 0 Å². The standard InChI is InChI=1S/C15H21NOS/c1-5-15(6-1)13(12-3-8-17-14(12)15)16-7-2-11-4-9-18-10-11/h4,9-10,12-14,16H,1-3,5-8H2/t12-,13+,14-/m0/s1. The van der Waals surface area contributed by atoms with E-state index < -0.39 is 0 Å². The molecule has 1 aromatic rings. The number of ether oxygens (including phenoxy) is 1. The summed E-state index contributed by atoms with van der Waals surface area (Å²) in [4.78, 5) is 0. The molecular formula is C15H21NOS. The molecule has 3 fully saturated rings. The van der Waals surface area contributed by atoms with Crippen molar-refractivity contribution in [1.82, 2.24) is 5.32 Å². The fraction of sp³-hybridized carbons (Fsp3) is 0.733. The Labute approximate surface area is 113 Å². The normalized spacial score (nSPS) is 36.1. The average Bonchev–Trinajstić information content (AvgIpc) is 2.92. The first-order valence-electron chi connectivity index (χ1n) is 7.26. The molecule has 0 aromatic carbocycles. The van der Waals surface area contributed by atoms with Crippen LogP contribution in [0.2, 0.25) is 0 Å². The lowest BCUT2D eigenvalue weighted by molar-refractivity contribution is -0.175. The van der Waals surface area contributed by atoms with Crippen LogP contribution in [-0.4, -0.2) is 25.3 Å². The quantitative estimate of drug-likeness (QED) is 0.902. The van der Waals surface area contributed by atoms with E-state index in [4.69, 9.17) is 4.74 Å². The monoisotopic (exact) mass is 263 g/mol. The summed E-state index contributed by atoms with van der Waals surface area (Å²) in [5, 5.41) is 8.29. The van der Waals surface area contributed by atoms with Crippen LogP contribution in [-0.2, 0) is 11.2 Å². The second kappa shape index (κ2) is 4.32. The molecule has 1 spiro atoms. The summed E-state index contributed by atoms with van der Waals surface area (Å²) in [6.45, 7) is 2.13. The maximum atomic E-state index is 5.95. The van der Waals surface area contributed by atoms with E-state index in [9.17, 15) is 0 Å². The van der Waals surface area contributed by atoms with Crippen molar-refractivity contribution in [1.29, 1.82) is 0 Å². The number of hydrogen-bond donors (Lipinski definition) is 1. The Morgan fingerprint density at radius 3 is 3.11 bits per heavy atom. The van der Waals surface area contributed by atoms with E-state index >= 15 is 0 Å². The van der Waals surface area contributed by atoms with Gasteiger partial charge >= 0.3 is 0 Å². The number of fused-ring (bicyclic) bond motifs is 2. The van der Waals surface area contributed by atoms with Crippen LogP contribution in [0.15, 0.2) is 16.8 Å². The van der Waals surface area contributed by atoms with Gasteiger partial charge in [0.25, 0.3) is 0 Å². The van der Waals surface area contributed by atoms with Crippen LogP contribution in [0.4, 0.5) is 0 Å². The summed E-state index contributed by atoms with van der Waals surface area (Å²) in [6.07, 6.45) is 7.26. The lowest BCUT2D eigenvalue weighted by atomic mass is 9.46. The maximum Gasteiger partial charge on any atom is 0.0690 e. The van der Waals surface area contributed by atoms with Gasteiger partial charge < -0.3 is 10.1 Å². The Hall–Kier alpha value is -0.380. The molecular weight excluding hydrogens is 242 g/mol. The zero-order valence-corrected chi connectivity index (χ0v) is 11.5. The number of rotatable bonds is 4. The van der Waals surface area contributed by atoms with Crippen molar-refractivity contribution in [3.05, 3.63) is 22.4 Å². The molecule has 0 amide bonds. The van der Waals surface area contributed by atoms with Crippen LogP contribution in [0.25, 0.3) is 0 Å². The van der Waals surface area contributed by atoms with Gasteiger partial charge in [0.15, 0.2) is 0 Å². The molecule has 4 rings (SSSR count). The highest BCUT2D eigenvalue weighted by atomic mass is 32.1. The van der Waals surface area contributed by atoms with Crippen molar-refractivity contribution in [2.45, 2.75) is 44.2 Å². The molecule has 18 heavy (non-hydrogen) atoms. The van der Waals surface area contributed by atoms with Gasteiger partial charge in [0, 0.05) is 24.0 Å². The molecule has 0 unspecified atom stereocenters. The summed E-state index contributed by atoms with van der Waals surface area (Å²) in [5.74, 6) is 0.813. The Kier molecular flexibility index (Phi) is 2.75. The molecule has 3 aliphatic rings. The molecule has 1 N–H and O–H groups in total. The SMILES string of the molecule is c1cc(CCN[C@@H]2[C@@H]3CCO[C@@H]3C23CCC3)cs1. The van der Waals surface area contributed by atoms with Gasteiger partial charge in [0.2, 0.25) is 0 Å². The van der Waals surface area contributed by atoms with Crippen LogP contribution >= 0.6 is 11.3 Å². The Morgan fingerprint density at radius 1 is 1.44 bits per heavy atom. The predicted molar refractivity (Wildman–Crippen MR) is 73.9 cm³/mol. The van der Waals surface area contributed by atoms with Gasteiger partial charge in [-0.05, 0) is 54.6 Å². The first-order valence-corrected chi connectivity index (χ1v) is 8.20. The van der Waals surface area contributed by atoms with Crippen molar-refractivity contribution in [3.8, 4) is 0 Å². The van der Waals surface area contributed by atoms with Gasteiger partial charge in [-0.15, -0.1) is 0 Å². The van der Waals surface area contributed by atoms with E-state index in [1.807, 2.05) is 0 Å². The fourth-order valence-corrected chi connectivity index (χ4v) is 5.07. The largest absolute Gasteiger partial charge is 0.377 e. The van der Waals surface area contributed by atoms with E-state index in [1.165, 1.54) is 37.7 Å². The number of nitrogens with one attached hydrogen (secondary N) is 1. The Bertz CT molecular complexity index is 412.